The molecule has 1 aromatic heterocycles. The fraction of sp³-hybridized carbons (Fsp3) is 0.375. The highest BCUT2D eigenvalue weighted by atomic mass is 32.1. The van der Waals surface area contributed by atoms with Crippen molar-refractivity contribution in [3.05, 3.63) is 29.1 Å². The molecule has 0 aliphatic heterocycles. The monoisotopic (exact) mass is 319 g/mol. The summed E-state index contributed by atoms with van der Waals surface area (Å²) in [7, 11) is 0. The molecule has 1 amide bonds. The second-order valence-corrected chi connectivity index (χ2v) is 6.07. The van der Waals surface area contributed by atoms with E-state index in [-0.39, 0.29) is 12.5 Å². The molecule has 1 heterocycles. The number of amides is 1. The van der Waals surface area contributed by atoms with Crippen LogP contribution < -0.4 is 10.5 Å². The van der Waals surface area contributed by atoms with E-state index in [1.807, 2.05) is 45.0 Å². The Morgan fingerprint density at radius 3 is 2.41 bits per heavy atom. The molecular weight excluding hydrogens is 298 g/mol. The van der Waals surface area contributed by atoms with Gasteiger partial charge in [-0.05, 0) is 45.0 Å². The molecule has 2 rings (SSSR count). The minimum Gasteiger partial charge on any atom is -0.484 e. The maximum absolute atomic E-state index is 11.9. The fourth-order valence-electron chi connectivity index (χ4n) is 2.21. The van der Waals surface area contributed by atoms with E-state index in [1.165, 1.54) is 11.3 Å². The molecule has 118 valence electrons. The van der Waals surface area contributed by atoms with Crippen LogP contribution in [0, 0.1) is 6.92 Å². The van der Waals surface area contributed by atoms with Gasteiger partial charge in [-0.15, -0.1) is 11.3 Å². The van der Waals surface area contributed by atoms with E-state index in [1.54, 1.807) is 4.90 Å². The minimum atomic E-state index is -0.00260. The number of hydrogen-bond donors (Lipinski definition) is 1. The summed E-state index contributed by atoms with van der Waals surface area (Å²) in [6, 6.07) is 7.55. The number of thiazole rings is 1. The number of ether oxygens (including phenoxy) is 1. The standard InChI is InChI=1S/C16H21N3O2S/c1-4-19(5-2)14(20)10-21-13-8-6-12(7-9-13)15-11(3)22-16(17)18-15/h6-9H,4-5,10H2,1-3H3,(H2,17,18). The molecule has 0 fully saturated rings. The number of nitrogens with zero attached hydrogens (tertiary/aromatic N) is 2. The number of rotatable bonds is 6. The molecular formula is C16H21N3O2S. The molecule has 0 unspecified atom stereocenters. The zero-order chi connectivity index (χ0) is 16.1. The maximum Gasteiger partial charge on any atom is 0.260 e. The Hall–Kier alpha value is -2.08. The van der Waals surface area contributed by atoms with Crippen molar-refractivity contribution in [2.45, 2.75) is 20.8 Å². The SMILES string of the molecule is CCN(CC)C(=O)COc1ccc(-c2nc(N)sc2C)cc1. The van der Waals surface area contributed by atoms with Gasteiger partial charge in [-0.2, -0.15) is 0 Å². The molecule has 6 heteroatoms. The van der Waals surface area contributed by atoms with Crippen LogP contribution >= 0.6 is 11.3 Å². The summed E-state index contributed by atoms with van der Waals surface area (Å²) < 4.78 is 5.55. The zero-order valence-corrected chi connectivity index (χ0v) is 13.9. The van der Waals surface area contributed by atoms with Crippen molar-refractivity contribution in [1.82, 2.24) is 9.88 Å². The van der Waals surface area contributed by atoms with Crippen LogP contribution in [0.15, 0.2) is 24.3 Å². The first-order valence-electron chi connectivity index (χ1n) is 7.29. The summed E-state index contributed by atoms with van der Waals surface area (Å²) in [6.45, 7) is 7.36. The lowest BCUT2D eigenvalue weighted by Crippen LogP contribution is -2.34. The van der Waals surface area contributed by atoms with E-state index in [9.17, 15) is 4.79 Å². The number of nitrogen functional groups attached to an aromatic ring is 1. The molecule has 5 nitrogen and oxygen atoms in total. The first kappa shape index (κ1) is 16.3. The number of carbonyl (C=O) groups is 1. The largest absolute Gasteiger partial charge is 0.484 e. The number of nitrogens with two attached hydrogens (primary N) is 1. The number of likely N-dealkylation sites (N-methyl/N-ethyl adjacent to an activating group) is 1. The first-order valence-corrected chi connectivity index (χ1v) is 8.10. The average molecular weight is 319 g/mol. The Balaban J connectivity index is 2.01. The molecule has 0 radical (unpaired) electrons. The molecule has 0 aliphatic rings. The number of aryl methyl sites for hydroxylation is 1. The van der Waals surface area contributed by atoms with Crippen molar-refractivity contribution < 1.29 is 9.53 Å². The van der Waals surface area contributed by atoms with Crippen LogP contribution in [0.2, 0.25) is 0 Å². The number of aromatic nitrogens is 1. The van der Waals surface area contributed by atoms with Crippen LogP contribution in [0.3, 0.4) is 0 Å². The third-order valence-electron chi connectivity index (χ3n) is 3.42. The fourth-order valence-corrected chi connectivity index (χ4v) is 2.92. The van der Waals surface area contributed by atoms with E-state index in [0.717, 1.165) is 16.1 Å². The predicted octanol–water partition coefficient (Wildman–Crippen LogP) is 2.95. The van der Waals surface area contributed by atoms with Crippen molar-refractivity contribution in [2.75, 3.05) is 25.4 Å². The summed E-state index contributed by atoms with van der Waals surface area (Å²) in [4.78, 5) is 19.0. The molecule has 0 aliphatic carbocycles. The summed E-state index contributed by atoms with van der Waals surface area (Å²) in [5, 5.41) is 0.567. The summed E-state index contributed by atoms with van der Waals surface area (Å²) in [5.74, 6) is 0.669. The number of hydrogen-bond acceptors (Lipinski definition) is 5. The van der Waals surface area contributed by atoms with Gasteiger partial charge in [0, 0.05) is 23.5 Å². The Morgan fingerprint density at radius 2 is 1.91 bits per heavy atom. The molecule has 2 N–H and O–H groups in total. The molecule has 2 aromatic rings. The first-order chi connectivity index (χ1) is 10.5. The maximum atomic E-state index is 11.9. The topological polar surface area (TPSA) is 68.5 Å². The van der Waals surface area contributed by atoms with Gasteiger partial charge in [0.1, 0.15) is 5.75 Å². The third-order valence-corrected chi connectivity index (χ3v) is 4.22. The van der Waals surface area contributed by atoms with Crippen molar-refractivity contribution >= 4 is 22.4 Å². The molecule has 22 heavy (non-hydrogen) atoms. The van der Waals surface area contributed by atoms with Crippen LogP contribution in [-0.4, -0.2) is 35.5 Å². The zero-order valence-electron chi connectivity index (χ0n) is 13.1. The molecule has 0 atom stereocenters. The van der Waals surface area contributed by atoms with Gasteiger partial charge >= 0.3 is 0 Å². The van der Waals surface area contributed by atoms with E-state index in [0.29, 0.717) is 24.0 Å². The highest BCUT2D eigenvalue weighted by Gasteiger charge is 2.11. The summed E-state index contributed by atoms with van der Waals surface area (Å²) in [6.07, 6.45) is 0. The van der Waals surface area contributed by atoms with Crippen LogP contribution in [0.25, 0.3) is 11.3 Å². The highest BCUT2D eigenvalue weighted by molar-refractivity contribution is 7.15. The quantitative estimate of drug-likeness (QED) is 0.889. The van der Waals surface area contributed by atoms with Gasteiger partial charge in [0.05, 0.1) is 5.69 Å². The van der Waals surface area contributed by atoms with Crippen LogP contribution in [-0.2, 0) is 4.79 Å². The highest BCUT2D eigenvalue weighted by Crippen LogP contribution is 2.29. The van der Waals surface area contributed by atoms with E-state index in [2.05, 4.69) is 4.98 Å². The Bertz CT molecular complexity index is 633. The summed E-state index contributed by atoms with van der Waals surface area (Å²) >= 11 is 1.48. The molecule has 0 bridgehead atoms. The van der Waals surface area contributed by atoms with E-state index < -0.39 is 0 Å². The lowest BCUT2D eigenvalue weighted by atomic mass is 10.1. The predicted molar refractivity (Wildman–Crippen MR) is 90.1 cm³/mol. The second kappa shape index (κ2) is 7.26. The normalized spacial score (nSPS) is 10.5. The lowest BCUT2D eigenvalue weighted by Gasteiger charge is -2.18. The smallest absolute Gasteiger partial charge is 0.260 e. The Labute approximate surface area is 134 Å². The van der Waals surface area contributed by atoms with Gasteiger partial charge in [0.2, 0.25) is 0 Å². The molecule has 0 saturated carbocycles. The Morgan fingerprint density at radius 1 is 1.27 bits per heavy atom. The van der Waals surface area contributed by atoms with Gasteiger partial charge in [-0.25, -0.2) is 4.98 Å². The number of benzene rings is 1. The minimum absolute atomic E-state index is 0.00260. The van der Waals surface area contributed by atoms with Gasteiger partial charge < -0.3 is 15.4 Å². The van der Waals surface area contributed by atoms with Crippen LogP contribution in [0.1, 0.15) is 18.7 Å². The van der Waals surface area contributed by atoms with Crippen molar-refractivity contribution in [2.24, 2.45) is 0 Å². The average Bonchev–Trinajstić information content (AvgIpc) is 2.85. The van der Waals surface area contributed by atoms with Gasteiger partial charge in [0.25, 0.3) is 5.91 Å². The molecule has 0 saturated heterocycles. The van der Waals surface area contributed by atoms with Gasteiger partial charge in [-0.1, -0.05) is 0 Å². The molecule has 0 spiro atoms. The lowest BCUT2D eigenvalue weighted by molar-refractivity contribution is -0.132. The van der Waals surface area contributed by atoms with Crippen LogP contribution in [0.5, 0.6) is 5.75 Å². The number of carbonyl (C=O) groups excluding carboxylic acids is 1. The van der Waals surface area contributed by atoms with Crippen molar-refractivity contribution in [3.63, 3.8) is 0 Å². The second-order valence-electron chi connectivity index (χ2n) is 4.84. The van der Waals surface area contributed by atoms with E-state index in [4.69, 9.17) is 10.5 Å². The summed E-state index contributed by atoms with van der Waals surface area (Å²) in [5.41, 5.74) is 7.61. The third kappa shape index (κ3) is 3.76. The van der Waals surface area contributed by atoms with Crippen molar-refractivity contribution in [1.29, 1.82) is 0 Å². The van der Waals surface area contributed by atoms with Gasteiger partial charge in [-0.3, -0.25) is 4.79 Å². The molecule has 1 aromatic carbocycles. The van der Waals surface area contributed by atoms with Crippen molar-refractivity contribution in [3.8, 4) is 17.0 Å². The van der Waals surface area contributed by atoms with Gasteiger partial charge in [0.15, 0.2) is 11.7 Å². The van der Waals surface area contributed by atoms with Crippen LogP contribution in [0.4, 0.5) is 5.13 Å². The van der Waals surface area contributed by atoms with E-state index >= 15 is 0 Å². The Kier molecular flexibility index (Phi) is 5.38. The number of anilines is 1.